The van der Waals surface area contributed by atoms with Crippen LogP contribution < -0.4 is 0 Å². The molecule has 226 valence electrons. The fourth-order valence-corrected chi connectivity index (χ4v) is 4.88. The predicted molar refractivity (Wildman–Crippen MR) is 164 cm³/mol. The van der Waals surface area contributed by atoms with E-state index in [-0.39, 0.29) is 0 Å². The number of hydrogen-bond donors (Lipinski definition) is 3. The van der Waals surface area contributed by atoms with Crippen molar-refractivity contribution in [3.05, 3.63) is 0 Å². The first-order valence-corrected chi connectivity index (χ1v) is 18.9. The fourth-order valence-electron chi connectivity index (χ4n) is 4.38. The number of hydrogen-bond acceptors (Lipinski definition) is 3. The van der Waals surface area contributed by atoms with Crippen molar-refractivity contribution in [2.45, 2.75) is 184 Å². The molecule has 0 aliphatic heterocycles. The van der Waals surface area contributed by atoms with E-state index in [1.807, 2.05) is 0 Å². The first kappa shape index (κ1) is 42.8. The Morgan fingerprint density at radius 3 is 0.921 bits per heavy atom. The van der Waals surface area contributed by atoms with E-state index in [0.29, 0.717) is 6.42 Å². The number of unbranched alkanes of at least 4 members (excludes halogenated alkanes) is 23. The third-order valence-corrected chi connectivity index (χ3v) is 7.41. The van der Waals surface area contributed by atoms with E-state index in [4.69, 9.17) is 22.6 Å². The van der Waals surface area contributed by atoms with Gasteiger partial charge in [-0.2, -0.15) is 8.42 Å². The van der Waals surface area contributed by atoms with Gasteiger partial charge in [0.15, 0.2) is 0 Å². The molecule has 0 aliphatic carbocycles. The standard InChI is InChI=1S/C18H36O2.C12H25.Na.H2O4S/c1-2-3-4-5-6-7-8-9-10-11-12-13-14-15-16-17-18(19)20;1-3-5-7-9-11-12-10-8-6-4-2;;1-5(2,3)4/h2-17H2,1H3,(H,19,20);1,3-12H2,2H3;;(H2,1,2,3,4). The molecular weight excluding hydrogens is 511 g/mol. The molecule has 6 nitrogen and oxygen atoms in total. The minimum atomic E-state index is -4.67. The van der Waals surface area contributed by atoms with Gasteiger partial charge < -0.3 is 5.11 Å². The predicted octanol–water partition coefficient (Wildman–Crippen LogP) is 10.2. The molecule has 0 unspecified atom stereocenters. The van der Waals surface area contributed by atoms with Crippen LogP contribution in [0, 0.1) is 0 Å². The van der Waals surface area contributed by atoms with E-state index in [0.717, 1.165) is 12.8 Å². The molecule has 0 bridgehead atoms. The number of aliphatic carboxylic acids is 1. The maximum Gasteiger partial charge on any atom is 0.394 e. The zero-order chi connectivity index (χ0) is 29.2. The van der Waals surface area contributed by atoms with E-state index in [1.54, 1.807) is 0 Å². The van der Waals surface area contributed by atoms with Gasteiger partial charge in [0.05, 0.1) is 0 Å². The molecule has 0 radical (unpaired) electrons. The molecule has 8 heteroatoms. The number of rotatable bonds is 26. The molecule has 0 saturated heterocycles. The van der Waals surface area contributed by atoms with E-state index < -0.39 is 16.4 Å². The third-order valence-electron chi connectivity index (χ3n) is 6.70. The second kappa shape index (κ2) is 37.3. The van der Waals surface area contributed by atoms with Gasteiger partial charge in [-0.25, -0.2) is 0 Å². The second-order valence-corrected chi connectivity index (χ2v) is 12.6. The average molecular weight is 575 g/mol. The van der Waals surface area contributed by atoms with Crippen LogP contribution in [0.2, 0.25) is 3.67 Å². The smallest absolute Gasteiger partial charge is 0.264 e. The van der Waals surface area contributed by atoms with Gasteiger partial charge in [0.2, 0.25) is 0 Å². The van der Waals surface area contributed by atoms with Gasteiger partial charge in [-0.15, -0.1) is 0 Å². The van der Waals surface area contributed by atoms with Gasteiger partial charge in [-0.1, -0.05) is 96.8 Å². The van der Waals surface area contributed by atoms with Gasteiger partial charge >= 0.3 is 119 Å². The van der Waals surface area contributed by atoms with Crippen LogP contribution in [-0.2, 0) is 15.2 Å². The largest absolute Gasteiger partial charge is 0.394 e. The summed E-state index contributed by atoms with van der Waals surface area (Å²) in [5, 5.41) is 8.52. The number of carbonyl (C=O) groups is 1. The van der Waals surface area contributed by atoms with Gasteiger partial charge in [0, 0.05) is 6.42 Å². The topological polar surface area (TPSA) is 112 Å². The Morgan fingerprint density at radius 2 is 0.711 bits per heavy atom. The van der Waals surface area contributed by atoms with Crippen molar-refractivity contribution in [2.24, 2.45) is 0 Å². The van der Waals surface area contributed by atoms with Gasteiger partial charge in [-0.05, 0) is 6.42 Å². The Hall–Kier alpha value is 0.340. The summed E-state index contributed by atoms with van der Waals surface area (Å²) in [6, 6.07) is 0. The molecule has 0 aromatic rings. The molecule has 0 aliphatic rings. The van der Waals surface area contributed by atoms with Crippen LogP contribution in [0.5, 0.6) is 0 Å². The van der Waals surface area contributed by atoms with Crippen LogP contribution in [0.3, 0.4) is 0 Å². The summed E-state index contributed by atoms with van der Waals surface area (Å²) in [6.07, 6.45) is 34.9. The fraction of sp³-hybridized carbons (Fsp3) is 0.967. The Kier molecular flexibility index (Phi) is 42.1. The first-order chi connectivity index (χ1) is 18.2. The van der Waals surface area contributed by atoms with E-state index in [2.05, 4.69) is 13.8 Å². The Morgan fingerprint density at radius 1 is 0.500 bits per heavy atom. The van der Waals surface area contributed by atoms with Gasteiger partial charge in [0.1, 0.15) is 0 Å². The molecule has 0 fully saturated rings. The normalized spacial score (nSPS) is 10.9. The third kappa shape index (κ3) is 60.7. The minimum absolute atomic E-state index is 0.345. The molecule has 0 spiro atoms. The van der Waals surface area contributed by atoms with Crippen molar-refractivity contribution in [1.29, 1.82) is 0 Å². The molecule has 38 heavy (non-hydrogen) atoms. The zero-order valence-electron chi connectivity index (χ0n) is 25.6. The summed E-state index contributed by atoms with van der Waals surface area (Å²) in [5.74, 6) is -0.653. The van der Waals surface area contributed by atoms with Crippen LogP contribution in [-0.4, -0.2) is 56.5 Å². The van der Waals surface area contributed by atoms with E-state index >= 15 is 0 Å². The average Bonchev–Trinajstić information content (AvgIpc) is 2.84. The van der Waals surface area contributed by atoms with Crippen molar-refractivity contribution >= 4 is 44.3 Å². The van der Waals surface area contributed by atoms with Crippen molar-refractivity contribution in [3.63, 3.8) is 0 Å². The van der Waals surface area contributed by atoms with Crippen LogP contribution in [0.1, 0.15) is 181 Å². The SMILES string of the molecule is CCCCCCCCCCCCCCCCCC(=O)O.CCCCCCCCCCC[CH2][Na].O=S(=O)(O)O. The van der Waals surface area contributed by atoms with Crippen LogP contribution in [0.15, 0.2) is 0 Å². The molecule has 3 N–H and O–H groups in total. The zero-order valence-corrected chi connectivity index (χ0v) is 28.4. The summed E-state index contributed by atoms with van der Waals surface area (Å²) in [7, 11) is -4.67. The minimum Gasteiger partial charge on any atom is -0.264 e. The monoisotopic (exact) mass is 574 g/mol. The molecule has 0 saturated carbocycles. The second-order valence-electron chi connectivity index (χ2n) is 10.7. The van der Waals surface area contributed by atoms with Crippen LogP contribution >= 0.6 is 0 Å². The maximum atomic E-state index is 10.3. The van der Waals surface area contributed by atoms with E-state index in [1.165, 1.54) is 179 Å². The van der Waals surface area contributed by atoms with Crippen molar-refractivity contribution in [3.8, 4) is 0 Å². The summed E-state index contributed by atoms with van der Waals surface area (Å²) < 4.78 is 33.1. The quantitative estimate of drug-likeness (QED) is 0.0538. The summed E-state index contributed by atoms with van der Waals surface area (Å²) >= 11 is 1.41. The van der Waals surface area contributed by atoms with Crippen molar-refractivity contribution in [1.82, 2.24) is 0 Å². The molecule has 0 rings (SSSR count). The summed E-state index contributed by atoms with van der Waals surface area (Å²) in [5.41, 5.74) is 0. The van der Waals surface area contributed by atoms with Gasteiger partial charge in [-0.3, -0.25) is 13.9 Å². The maximum absolute atomic E-state index is 10.3. The molecular formula is C30H63NaO6S. The number of carboxylic acid groups (broad SMARTS) is 1. The summed E-state index contributed by atoms with van der Waals surface area (Å²) in [6.45, 7) is 4.56. The summed E-state index contributed by atoms with van der Waals surface area (Å²) in [4.78, 5) is 10.3. The van der Waals surface area contributed by atoms with E-state index in [9.17, 15) is 4.79 Å². The Balaban J connectivity index is -0.000000580. The Bertz CT molecular complexity index is 525. The van der Waals surface area contributed by atoms with Crippen molar-refractivity contribution < 1.29 is 27.4 Å². The Labute approximate surface area is 254 Å². The molecule has 0 atom stereocenters. The molecule has 0 amide bonds. The molecule has 0 aromatic heterocycles. The molecule has 0 heterocycles. The van der Waals surface area contributed by atoms with Crippen molar-refractivity contribution in [2.75, 3.05) is 0 Å². The van der Waals surface area contributed by atoms with Gasteiger partial charge in [0.25, 0.3) is 0 Å². The van der Waals surface area contributed by atoms with Crippen LogP contribution in [0.25, 0.3) is 0 Å². The molecule has 0 aromatic carbocycles. The first-order valence-electron chi connectivity index (χ1n) is 16.1. The van der Waals surface area contributed by atoms with Crippen LogP contribution in [0.4, 0.5) is 0 Å². The number of carboxylic acids is 1.